The molecule has 9 heteroatoms. The molecule has 1 aromatic carbocycles. The summed E-state index contributed by atoms with van der Waals surface area (Å²) in [6, 6.07) is 5.85. The van der Waals surface area contributed by atoms with Crippen LogP contribution < -0.4 is 0 Å². The third-order valence-corrected chi connectivity index (χ3v) is 7.35. The van der Waals surface area contributed by atoms with Gasteiger partial charge in [-0.15, -0.1) is 0 Å². The second-order valence-electron chi connectivity index (χ2n) is 7.46. The van der Waals surface area contributed by atoms with E-state index in [0.29, 0.717) is 39.0 Å². The van der Waals surface area contributed by atoms with Crippen molar-refractivity contribution in [1.82, 2.24) is 13.5 Å². The lowest BCUT2D eigenvalue weighted by atomic mass is 10.1. The van der Waals surface area contributed by atoms with Gasteiger partial charge in [-0.05, 0) is 37.6 Å². The number of Topliss-reactive ketones (excluding diaryl/α,β-unsaturated/α-hetero) is 1. The maximum absolute atomic E-state index is 12.9. The molecule has 0 aromatic heterocycles. The highest BCUT2D eigenvalue weighted by Crippen LogP contribution is 2.20. The Morgan fingerprint density at radius 1 is 1.04 bits per heavy atom. The summed E-state index contributed by atoms with van der Waals surface area (Å²) in [5, 5.41) is 0. The van der Waals surface area contributed by atoms with Crippen LogP contribution in [0.5, 0.6) is 0 Å². The molecule has 0 unspecified atom stereocenters. The van der Waals surface area contributed by atoms with Gasteiger partial charge in [0.05, 0.1) is 6.10 Å². The summed E-state index contributed by atoms with van der Waals surface area (Å²) < 4.78 is 47.2. The number of benzene rings is 1. The lowest BCUT2D eigenvalue weighted by molar-refractivity contribution is -0.125. The van der Waals surface area contributed by atoms with Gasteiger partial charge in [-0.3, -0.25) is 4.79 Å². The molecule has 2 fully saturated rings. The predicted molar refractivity (Wildman–Crippen MR) is 104 cm³/mol. The summed E-state index contributed by atoms with van der Waals surface area (Å²) in [6.45, 7) is 3.34. The molecule has 0 saturated carbocycles. The van der Waals surface area contributed by atoms with Gasteiger partial charge in [0.25, 0.3) is 10.2 Å². The van der Waals surface area contributed by atoms with Gasteiger partial charge in [-0.25, -0.2) is 4.39 Å². The van der Waals surface area contributed by atoms with E-state index in [9.17, 15) is 17.6 Å². The third kappa shape index (κ3) is 5.57. The van der Waals surface area contributed by atoms with Crippen molar-refractivity contribution in [3.05, 3.63) is 35.6 Å². The minimum Gasteiger partial charge on any atom is -0.370 e. The van der Waals surface area contributed by atoms with Crippen LogP contribution in [0.15, 0.2) is 24.3 Å². The number of ketones is 1. The lowest BCUT2D eigenvalue weighted by Crippen LogP contribution is -2.54. The van der Waals surface area contributed by atoms with E-state index >= 15 is 0 Å². The van der Waals surface area contributed by atoms with E-state index in [4.69, 9.17) is 4.74 Å². The van der Waals surface area contributed by atoms with Crippen molar-refractivity contribution in [2.75, 3.05) is 52.9 Å². The highest BCUT2D eigenvalue weighted by molar-refractivity contribution is 7.86. The zero-order valence-electron chi connectivity index (χ0n) is 16.2. The van der Waals surface area contributed by atoms with E-state index in [-0.39, 0.29) is 30.7 Å². The smallest absolute Gasteiger partial charge is 0.282 e. The van der Waals surface area contributed by atoms with Crippen molar-refractivity contribution in [2.45, 2.75) is 25.4 Å². The molecule has 0 aliphatic carbocycles. The molecule has 28 heavy (non-hydrogen) atoms. The summed E-state index contributed by atoms with van der Waals surface area (Å²) >= 11 is 0. The first-order chi connectivity index (χ1) is 13.3. The summed E-state index contributed by atoms with van der Waals surface area (Å²) in [4.78, 5) is 14.2. The Bertz CT molecular complexity index is 756. The largest absolute Gasteiger partial charge is 0.370 e. The van der Waals surface area contributed by atoms with Crippen LogP contribution in [0, 0.1) is 5.82 Å². The monoisotopic (exact) mass is 413 g/mol. The Labute approximate surface area is 166 Å². The van der Waals surface area contributed by atoms with Gasteiger partial charge in [0.2, 0.25) is 0 Å². The number of carbonyl (C=O) groups is 1. The first kappa shape index (κ1) is 21.3. The zero-order valence-corrected chi connectivity index (χ0v) is 17.0. The quantitative estimate of drug-likeness (QED) is 0.665. The molecule has 0 bridgehead atoms. The number of rotatable bonds is 7. The Kier molecular flexibility index (Phi) is 7.16. The van der Waals surface area contributed by atoms with Crippen molar-refractivity contribution in [1.29, 1.82) is 0 Å². The predicted octanol–water partition coefficient (Wildman–Crippen LogP) is 0.911. The van der Waals surface area contributed by atoms with Crippen molar-refractivity contribution < 1.29 is 22.3 Å². The molecule has 0 N–H and O–H groups in total. The second-order valence-corrected chi connectivity index (χ2v) is 9.39. The van der Waals surface area contributed by atoms with Crippen LogP contribution >= 0.6 is 0 Å². The Morgan fingerprint density at radius 2 is 1.61 bits per heavy atom. The van der Waals surface area contributed by atoms with Gasteiger partial charge < -0.3 is 9.64 Å². The maximum atomic E-state index is 12.9. The topological polar surface area (TPSA) is 70.2 Å². The van der Waals surface area contributed by atoms with Crippen LogP contribution in [0.2, 0.25) is 0 Å². The Morgan fingerprint density at radius 3 is 2.21 bits per heavy atom. The number of piperazine rings is 1. The first-order valence-corrected chi connectivity index (χ1v) is 11.1. The van der Waals surface area contributed by atoms with Crippen LogP contribution in [-0.2, 0) is 26.2 Å². The van der Waals surface area contributed by atoms with Crippen molar-refractivity contribution >= 4 is 16.0 Å². The summed E-state index contributed by atoms with van der Waals surface area (Å²) in [6.07, 6.45) is 1.25. The molecule has 2 heterocycles. The third-order valence-electron chi connectivity index (χ3n) is 5.31. The molecular weight excluding hydrogens is 385 g/mol. The van der Waals surface area contributed by atoms with Crippen molar-refractivity contribution in [3.63, 3.8) is 0 Å². The van der Waals surface area contributed by atoms with Crippen LogP contribution in [-0.4, -0.2) is 86.7 Å². The minimum absolute atomic E-state index is 0.00669. The number of hydrogen-bond acceptors (Lipinski definition) is 5. The van der Waals surface area contributed by atoms with Gasteiger partial charge in [-0.2, -0.15) is 17.0 Å². The molecule has 0 atom stereocenters. The van der Waals surface area contributed by atoms with Crippen molar-refractivity contribution in [3.8, 4) is 0 Å². The summed E-state index contributed by atoms with van der Waals surface area (Å²) in [5.41, 5.74) is 0.753. The summed E-state index contributed by atoms with van der Waals surface area (Å²) in [7, 11) is -1.43. The van der Waals surface area contributed by atoms with Crippen LogP contribution in [0.3, 0.4) is 0 Å². The van der Waals surface area contributed by atoms with Gasteiger partial charge in [0, 0.05) is 45.7 Å². The second kappa shape index (κ2) is 9.41. The molecule has 156 valence electrons. The van der Waals surface area contributed by atoms with Crippen LogP contribution in [0.1, 0.15) is 18.4 Å². The standard InChI is InChI=1S/C19H28FN3O4S/c1-21-10-12-23(13-11-21)28(25,26)22-8-6-19(7-9-22)27-15-18(24)14-16-2-4-17(20)5-3-16/h2-5,19H,6-15H2,1H3. The number of halogens is 1. The van der Waals surface area contributed by atoms with E-state index in [2.05, 4.69) is 4.90 Å². The molecule has 2 saturated heterocycles. The molecule has 2 aliphatic rings. The maximum Gasteiger partial charge on any atom is 0.282 e. The average molecular weight is 414 g/mol. The average Bonchev–Trinajstić information content (AvgIpc) is 2.69. The lowest BCUT2D eigenvalue weighted by Gasteiger charge is -2.37. The number of hydrogen-bond donors (Lipinski definition) is 0. The fourth-order valence-corrected chi connectivity index (χ4v) is 5.13. The molecule has 0 amide bonds. The number of likely N-dealkylation sites (N-methyl/N-ethyl adjacent to an activating group) is 1. The number of carbonyl (C=O) groups excluding carboxylic acids is 1. The van der Waals surface area contributed by atoms with Crippen LogP contribution in [0.4, 0.5) is 4.39 Å². The van der Waals surface area contributed by atoms with Gasteiger partial charge in [0.15, 0.2) is 5.78 Å². The minimum atomic E-state index is -3.42. The summed E-state index contributed by atoms with van der Waals surface area (Å²) in [5.74, 6) is -0.398. The molecule has 3 rings (SSSR count). The van der Waals surface area contributed by atoms with E-state index in [1.54, 1.807) is 16.4 Å². The zero-order chi connectivity index (χ0) is 20.1. The van der Waals surface area contributed by atoms with Crippen LogP contribution in [0.25, 0.3) is 0 Å². The highest BCUT2D eigenvalue weighted by Gasteiger charge is 2.34. The van der Waals surface area contributed by atoms with E-state index in [0.717, 1.165) is 18.7 Å². The molecular formula is C19H28FN3O4S. The van der Waals surface area contributed by atoms with Gasteiger partial charge in [0.1, 0.15) is 12.4 Å². The highest BCUT2D eigenvalue weighted by atomic mass is 32.2. The number of ether oxygens (including phenoxy) is 1. The molecule has 7 nitrogen and oxygen atoms in total. The molecule has 1 aromatic rings. The molecule has 0 radical (unpaired) electrons. The van der Waals surface area contributed by atoms with E-state index in [1.807, 2.05) is 7.05 Å². The first-order valence-electron chi connectivity index (χ1n) is 9.66. The Balaban J connectivity index is 1.41. The van der Waals surface area contributed by atoms with Crippen molar-refractivity contribution in [2.24, 2.45) is 0 Å². The van der Waals surface area contributed by atoms with Gasteiger partial charge >= 0.3 is 0 Å². The Hall–Kier alpha value is -1.39. The fourth-order valence-electron chi connectivity index (χ4n) is 3.50. The van der Waals surface area contributed by atoms with E-state index in [1.165, 1.54) is 16.4 Å². The SMILES string of the molecule is CN1CCN(S(=O)(=O)N2CCC(OCC(=O)Cc3ccc(F)cc3)CC2)CC1. The normalized spacial score (nSPS) is 21.1. The number of nitrogens with zero attached hydrogens (tertiary/aromatic N) is 3. The fraction of sp³-hybridized carbons (Fsp3) is 0.632. The molecule has 0 spiro atoms. The van der Waals surface area contributed by atoms with Gasteiger partial charge in [-0.1, -0.05) is 12.1 Å². The van der Waals surface area contributed by atoms with E-state index < -0.39 is 10.2 Å². The number of piperidine rings is 1. The molecule has 2 aliphatic heterocycles.